The molecule has 21 heavy (non-hydrogen) atoms. The van der Waals surface area contributed by atoms with Gasteiger partial charge >= 0.3 is 0 Å². The minimum absolute atomic E-state index is 0.187. The third-order valence-corrected chi connectivity index (χ3v) is 4.02. The standard InChI is InChI=1S/C17H28N2O2/c1-2-3-4-5-6-7-8-15(19-18)14-9-10-16-17(13-14)21-12-11-20-16/h9-10,13,15,19H,2-8,11-12,18H2,1H3. The molecule has 2 rings (SSSR count). The van der Waals surface area contributed by atoms with E-state index in [-0.39, 0.29) is 6.04 Å². The first-order valence-electron chi connectivity index (χ1n) is 8.21. The summed E-state index contributed by atoms with van der Waals surface area (Å²) in [7, 11) is 0. The van der Waals surface area contributed by atoms with Crippen molar-refractivity contribution in [2.24, 2.45) is 5.84 Å². The molecular formula is C17H28N2O2. The highest BCUT2D eigenvalue weighted by molar-refractivity contribution is 5.44. The minimum atomic E-state index is 0.187. The van der Waals surface area contributed by atoms with Gasteiger partial charge in [-0.15, -0.1) is 0 Å². The van der Waals surface area contributed by atoms with Crippen molar-refractivity contribution in [2.75, 3.05) is 13.2 Å². The molecule has 0 aliphatic carbocycles. The first kappa shape index (κ1) is 16.1. The lowest BCUT2D eigenvalue weighted by molar-refractivity contribution is 0.171. The SMILES string of the molecule is CCCCCCCCC(NN)c1ccc2c(c1)OCCO2. The summed E-state index contributed by atoms with van der Waals surface area (Å²) < 4.78 is 11.2. The van der Waals surface area contributed by atoms with Crippen LogP contribution in [0.4, 0.5) is 0 Å². The Morgan fingerprint density at radius 1 is 1.05 bits per heavy atom. The molecule has 118 valence electrons. The molecular weight excluding hydrogens is 264 g/mol. The van der Waals surface area contributed by atoms with E-state index in [2.05, 4.69) is 24.5 Å². The van der Waals surface area contributed by atoms with Gasteiger partial charge in [0.1, 0.15) is 13.2 Å². The van der Waals surface area contributed by atoms with Crippen LogP contribution in [0.15, 0.2) is 18.2 Å². The maximum Gasteiger partial charge on any atom is 0.161 e. The number of hydrazine groups is 1. The summed E-state index contributed by atoms with van der Waals surface area (Å²) in [5.74, 6) is 7.39. The summed E-state index contributed by atoms with van der Waals surface area (Å²) in [5.41, 5.74) is 4.11. The van der Waals surface area contributed by atoms with Crippen LogP contribution in [0.3, 0.4) is 0 Å². The number of nitrogens with one attached hydrogen (secondary N) is 1. The number of rotatable bonds is 9. The molecule has 1 unspecified atom stereocenters. The van der Waals surface area contributed by atoms with Gasteiger partial charge in [0.05, 0.1) is 0 Å². The molecule has 0 spiro atoms. The average Bonchev–Trinajstić information content (AvgIpc) is 2.54. The van der Waals surface area contributed by atoms with E-state index >= 15 is 0 Å². The number of unbranched alkanes of at least 4 members (excludes halogenated alkanes) is 5. The van der Waals surface area contributed by atoms with E-state index in [0.29, 0.717) is 13.2 Å². The van der Waals surface area contributed by atoms with Gasteiger partial charge in [-0.05, 0) is 24.1 Å². The van der Waals surface area contributed by atoms with Crippen LogP contribution in [0, 0.1) is 0 Å². The topological polar surface area (TPSA) is 56.5 Å². The second-order valence-electron chi connectivity index (χ2n) is 5.68. The van der Waals surface area contributed by atoms with Crippen LogP contribution in [0.1, 0.15) is 63.5 Å². The molecule has 4 heteroatoms. The summed E-state index contributed by atoms with van der Waals surface area (Å²) in [6, 6.07) is 6.30. The Kier molecular flexibility index (Phi) is 6.83. The fraction of sp³-hybridized carbons (Fsp3) is 0.647. The van der Waals surface area contributed by atoms with Gasteiger partial charge in [0, 0.05) is 6.04 Å². The predicted molar refractivity (Wildman–Crippen MR) is 85.5 cm³/mol. The normalized spacial score (nSPS) is 15.0. The lowest BCUT2D eigenvalue weighted by Crippen LogP contribution is -2.28. The predicted octanol–water partition coefficient (Wildman–Crippen LogP) is 3.71. The summed E-state index contributed by atoms with van der Waals surface area (Å²) >= 11 is 0. The summed E-state index contributed by atoms with van der Waals surface area (Å²) in [6.07, 6.45) is 8.86. The van der Waals surface area contributed by atoms with Gasteiger partial charge in [-0.2, -0.15) is 0 Å². The lowest BCUT2D eigenvalue weighted by Gasteiger charge is -2.22. The molecule has 1 aromatic carbocycles. The van der Waals surface area contributed by atoms with Gasteiger partial charge in [-0.1, -0.05) is 51.5 Å². The van der Waals surface area contributed by atoms with E-state index in [4.69, 9.17) is 15.3 Å². The monoisotopic (exact) mass is 292 g/mol. The summed E-state index contributed by atoms with van der Waals surface area (Å²) in [5, 5.41) is 0. The van der Waals surface area contributed by atoms with Gasteiger partial charge in [-0.25, -0.2) is 0 Å². The van der Waals surface area contributed by atoms with E-state index in [1.165, 1.54) is 44.1 Å². The van der Waals surface area contributed by atoms with Crippen molar-refractivity contribution in [1.82, 2.24) is 5.43 Å². The van der Waals surface area contributed by atoms with Gasteiger partial charge in [0.15, 0.2) is 11.5 Å². The number of fused-ring (bicyclic) bond motifs is 1. The third-order valence-electron chi connectivity index (χ3n) is 4.02. The Bertz CT molecular complexity index is 423. The highest BCUT2D eigenvalue weighted by Gasteiger charge is 2.15. The number of nitrogens with two attached hydrogens (primary N) is 1. The van der Waals surface area contributed by atoms with Crippen molar-refractivity contribution >= 4 is 0 Å². The van der Waals surface area contributed by atoms with E-state index < -0.39 is 0 Å². The number of hydrogen-bond acceptors (Lipinski definition) is 4. The molecule has 0 bridgehead atoms. The Hall–Kier alpha value is -1.26. The largest absolute Gasteiger partial charge is 0.486 e. The second-order valence-corrected chi connectivity index (χ2v) is 5.68. The highest BCUT2D eigenvalue weighted by atomic mass is 16.6. The van der Waals surface area contributed by atoms with Crippen molar-refractivity contribution < 1.29 is 9.47 Å². The quantitative estimate of drug-likeness (QED) is 0.414. The molecule has 1 aromatic rings. The Balaban J connectivity index is 1.83. The van der Waals surface area contributed by atoms with Crippen LogP contribution in [-0.2, 0) is 0 Å². The highest BCUT2D eigenvalue weighted by Crippen LogP contribution is 2.33. The van der Waals surface area contributed by atoms with Crippen molar-refractivity contribution in [1.29, 1.82) is 0 Å². The Morgan fingerprint density at radius 3 is 2.52 bits per heavy atom. The van der Waals surface area contributed by atoms with Gasteiger partial charge in [0.25, 0.3) is 0 Å². The number of hydrogen-bond donors (Lipinski definition) is 2. The Morgan fingerprint density at radius 2 is 1.76 bits per heavy atom. The van der Waals surface area contributed by atoms with Gasteiger partial charge in [-0.3, -0.25) is 11.3 Å². The van der Waals surface area contributed by atoms with Crippen LogP contribution in [-0.4, -0.2) is 13.2 Å². The first-order valence-corrected chi connectivity index (χ1v) is 8.21. The molecule has 1 atom stereocenters. The fourth-order valence-corrected chi connectivity index (χ4v) is 2.75. The van der Waals surface area contributed by atoms with Crippen molar-refractivity contribution in [3.05, 3.63) is 23.8 Å². The smallest absolute Gasteiger partial charge is 0.161 e. The molecule has 0 aromatic heterocycles. The molecule has 0 fully saturated rings. The molecule has 4 nitrogen and oxygen atoms in total. The average molecular weight is 292 g/mol. The summed E-state index contributed by atoms with van der Waals surface area (Å²) in [6.45, 7) is 3.49. The van der Waals surface area contributed by atoms with Crippen LogP contribution >= 0.6 is 0 Å². The Labute approximate surface area is 128 Å². The van der Waals surface area contributed by atoms with Crippen LogP contribution in [0.5, 0.6) is 11.5 Å². The molecule has 0 saturated carbocycles. The molecule has 1 heterocycles. The zero-order valence-electron chi connectivity index (χ0n) is 13.1. The summed E-state index contributed by atoms with van der Waals surface area (Å²) in [4.78, 5) is 0. The number of benzene rings is 1. The van der Waals surface area contributed by atoms with Crippen molar-refractivity contribution in [3.8, 4) is 11.5 Å². The number of ether oxygens (including phenoxy) is 2. The lowest BCUT2D eigenvalue weighted by atomic mass is 9.99. The zero-order valence-corrected chi connectivity index (χ0v) is 13.1. The van der Waals surface area contributed by atoms with Crippen molar-refractivity contribution in [3.63, 3.8) is 0 Å². The molecule has 0 radical (unpaired) electrons. The minimum Gasteiger partial charge on any atom is -0.486 e. The zero-order chi connectivity index (χ0) is 14.9. The first-order chi connectivity index (χ1) is 10.3. The van der Waals surface area contributed by atoms with Gasteiger partial charge < -0.3 is 9.47 Å². The molecule has 1 aliphatic rings. The van der Waals surface area contributed by atoms with Crippen LogP contribution in [0.25, 0.3) is 0 Å². The van der Waals surface area contributed by atoms with Crippen molar-refractivity contribution in [2.45, 2.75) is 57.9 Å². The fourth-order valence-electron chi connectivity index (χ4n) is 2.75. The maximum absolute atomic E-state index is 5.72. The van der Waals surface area contributed by atoms with E-state index in [0.717, 1.165) is 17.9 Å². The van der Waals surface area contributed by atoms with E-state index in [9.17, 15) is 0 Å². The molecule has 0 saturated heterocycles. The molecule has 1 aliphatic heterocycles. The second kappa shape index (κ2) is 8.90. The molecule has 0 amide bonds. The van der Waals surface area contributed by atoms with Crippen LogP contribution in [0.2, 0.25) is 0 Å². The molecule has 3 N–H and O–H groups in total. The maximum atomic E-state index is 5.72. The van der Waals surface area contributed by atoms with Crippen LogP contribution < -0.4 is 20.7 Å². The van der Waals surface area contributed by atoms with E-state index in [1.807, 2.05) is 6.07 Å². The van der Waals surface area contributed by atoms with E-state index in [1.54, 1.807) is 0 Å². The van der Waals surface area contributed by atoms with Gasteiger partial charge in [0.2, 0.25) is 0 Å². The third kappa shape index (κ3) is 4.90.